The van der Waals surface area contributed by atoms with Gasteiger partial charge in [0.1, 0.15) is 17.9 Å². The lowest BCUT2D eigenvalue weighted by molar-refractivity contribution is -0.137. The number of benzene rings is 1. The van der Waals surface area contributed by atoms with Crippen LogP contribution < -0.4 is 10.2 Å². The maximum absolute atomic E-state index is 14.3. The number of hydrogen-bond donors (Lipinski definition) is 1. The third-order valence-corrected chi connectivity index (χ3v) is 10.8. The lowest BCUT2D eigenvalue weighted by Gasteiger charge is -2.39. The molecule has 0 spiro atoms. The van der Waals surface area contributed by atoms with Crippen molar-refractivity contribution in [2.75, 3.05) is 42.7 Å². The van der Waals surface area contributed by atoms with Crippen LogP contribution in [0.4, 0.5) is 19.0 Å². The summed E-state index contributed by atoms with van der Waals surface area (Å²) in [5.74, 6) is -3.29. The topological polar surface area (TPSA) is 155 Å². The molecule has 12 nitrogen and oxygen atoms in total. The van der Waals surface area contributed by atoms with Crippen LogP contribution in [-0.4, -0.2) is 90.7 Å². The molecule has 0 unspecified atom stereocenters. The van der Waals surface area contributed by atoms with E-state index >= 15 is 0 Å². The van der Waals surface area contributed by atoms with Crippen molar-refractivity contribution in [3.63, 3.8) is 0 Å². The molecule has 2 aromatic rings. The van der Waals surface area contributed by atoms with Gasteiger partial charge in [-0.15, -0.1) is 0 Å². The molecule has 3 aliphatic heterocycles. The van der Waals surface area contributed by atoms with Crippen LogP contribution in [0.2, 0.25) is 0 Å². The van der Waals surface area contributed by atoms with E-state index in [1.807, 2.05) is 6.07 Å². The lowest BCUT2D eigenvalue weighted by Crippen LogP contribution is -2.56. The fourth-order valence-electron chi connectivity index (χ4n) is 6.72. The molecule has 1 aromatic carbocycles. The number of ether oxygens (including phenoxy) is 1. The Balaban J connectivity index is 1.46. The van der Waals surface area contributed by atoms with Gasteiger partial charge in [-0.3, -0.25) is 19.3 Å². The Morgan fingerprint density at radius 3 is 2.52 bits per heavy atom. The second-order valence-electron chi connectivity index (χ2n) is 12.1. The second kappa shape index (κ2) is 12.0. The highest BCUT2D eigenvalue weighted by molar-refractivity contribution is 7.91. The van der Waals surface area contributed by atoms with Crippen LogP contribution in [0, 0.1) is 17.2 Å². The van der Waals surface area contributed by atoms with Gasteiger partial charge in [0.05, 0.1) is 29.2 Å². The minimum atomic E-state index is -4.68. The molecule has 4 aliphatic rings. The first-order valence-electron chi connectivity index (χ1n) is 15.2. The molecule has 3 atom stereocenters. The van der Waals surface area contributed by atoms with Gasteiger partial charge >= 0.3 is 6.18 Å². The summed E-state index contributed by atoms with van der Waals surface area (Å²) in [6.45, 7) is 2.54. The molecule has 3 amide bonds. The quantitative estimate of drug-likeness (QED) is 0.495. The van der Waals surface area contributed by atoms with E-state index in [4.69, 9.17) is 9.84 Å². The smallest absolute Gasteiger partial charge is 0.381 e. The SMILES string of the molecule is CCN1C(=O)[C@@H](NC(=O)c2cccc(C(F)(F)F)c2)[C@@H](C2CC2)c2c(C(=O)N3CCS(=O)(=O)C[C@H]3C#N)nn(C3CCOCC3)c21. The zero-order chi connectivity index (χ0) is 33.0. The van der Waals surface area contributed by atoms with Crippen LogP contribution in [0.15, 0.2) is 24.3 Å². The van der Waals surface area contributed by atoms with Gasteiger partial charge < -0.3 is 15.0 Å². The summed E-state index contributed by atoms with van der Waals surface area (Å²) in [7, 11) is -3.54. The van der Waals surface area contributed by atoms with Gasteiger partial charge in [-0.05, 0) is 56.7 Å². The van der Waals surface area contributed by atoms with Crippen molar-refractivity contribution in [3.05, 3.63) is 46.6 Å². The zero-order valence-electron chi connectivity index (χ0n) is 25.0. The predicted octanol–water partition coefficient (Wildman–Crippen LogP) is 2.67. The van der Waals surface area contributed by atoms with Crippen LogP contribution in [0.3, 0.4) is 0 Å². The molecule has 6 rings (SSSR count). The molecule has 0 radical (unpaired) electrons. The number of hydrogen-bond acceptors (Lipinski definition) is 8. The predicted molar refractivity (Wildman–Crippen MR) is 157 cm³/mol. The molecule has 3 fully saturated rings. The summed E-state index contributed by atoms with van der Waals surface area (Å²) in [6, 6.07) is 3.18. The Bertz CT molecular complexity index is 1710. The number of nitriles is 1. The van der Waals surface area contributed by atoms with Crippen LogP contribution in [0.25, 0.3) is 0 Å². The highest BCUT2D eigenvalue weighted by Gasteiger charge is 2.53. The van der Waals surface area contributed by atoms with Crippen molar-refractivity contribution in [2.45, 2.75) is 62.8 Å². The highest BCUT2D eigenvalue weighted by Crippen LogP contribution is 2.52. The number of carbonyl (C=O) groups excluding carboxylic acids is 3. The number of nitrogens with one attached hydrogen (secondary N) is 1. The van der Waals surface area contributed by atoms with Gasteiger partial charge in [0.15, 0.2) is 15.5 Å². The highest BCUT2D eigenvalue weighted by atomic mass is 32.2. The second-order valence-corrected chi connectivity index (χ2v) is 14.3. The zero-order valence-corrected chi connectivity index (χ0v) is 25.8. The van der Waals surface area contributed by atoms with Crippen molar-refractivity contribution < 1.29 is 40.7 Å². The molecule has 16 heteroatoms. The number of aromatic nitrogens is 2. The molecule has 0 bridgehead atoms. The molecule has 46 heavy (non-hydrogen) atoms. The Hall–Kier alpha value is -3.97. The Labute approximate surface area is 263 Å². The summed E-state index contributed by atoms with van der Waals surface area (Å²) in [5.41, 5.74) is -0.888. The van der Waals surface area contributed by atoms with Crippen LogP contribution in [0.1, 0.15) is 76.5 Å². The van der Waals surface area contributed by atoms with E-state index in [1.165, 1.54) is 15.9 Å². The summed E-state index contributed by atoms with van der Waals surface area (Å²) in [4.78, 5) is 44.6. The van der Waals surface area contributed by atoms with Gasteiger partial charge in [0.2, 0.25) is 0 Å². The van der Waals surface area contributed by atoms with E-state index in [0.29, 0.717) is 50.3 Å². The Morgan fingerprint density at radius 2 is 1.89 bits per heavy atom. The van der Waals surface area contributed by atoms with Gasteiger partial charge in [0.25, 0.3) is 17.7 Å². The van der Waals surface area contributed by atoms with Gasteiger partial charge in [0, 0.05) is 43.3 Å². The number of sulfone groups is 1. The van der Waals surface area contributed by atoms with Crippen molar-refractivity contribution in [1.29, 1.82) is 5.26 Å². The third-order valence-electron chi connectivity index (χ3n) is 9.17. The molecule has 2 saturated heterocycles. The largest absolute Gasteiger partial charge is 0.416 e. The first kappa shape index (κ1) is 32.0. The van der Waals surface area contributed by atoms with Gasteiger partial charge in [-0.25, -0.2) is 13.1 Å². The minimum absolute atomic E-state index is 0.0257. The Kier molecular flexibility index (Phi) is 8.34. The Morgan fingerprint density at radius 1 is 1.17 bits per heavy atom. The van der Waals surface area contributed by atoms with Crippen molar-refractivity contribution in [2.24, 2.45) is 5.92 Å². The van der Waals surface area contributed by atoms with E-state index in [2.05, 4.69) is 5.32 Å². The van der Waals surface area contributed by atoms with Crippen LogP contribution in [-0.2, 0) is 25.5 Å². The van der Waals surface area contributed by atoms with E-state index in [0.717, 1.165) is 18.2 Å². The number of carbonyl (C=O) groups is 3. The average Bonchev–Trinajstić information content (AvgIpc) is 3.80. The van der Waals surface area contributed by atoms with E-state index in [9.17, 15) is 41.2 Å². The van der Waals surface area contributed by atoms with Gasteiger partial charge in [-0.1, -0.05) is 6.07 Å². The minimum Gasteiger partial charge on any atom is -0.381 e. The van der Waals surface area contributed by atoms with Crippen LogP contribution in [0.5, 0.6) is 0 Å². The maximum Gasteiger partial charge on any atom is 0.416 e. The normalized spacial score (nSPS) is 25.1. The molecular formula is C30H33F3N6O6S. The summed E-state index contributed by atoms with van der Waals surface area (Å²) < 4.78 is 72.1. The van der Waals surface area contributed by atoms with E-state index < -0.39 is 63.1 Å². The fraction of sp³-hybridized carbons (Fsp3) is 0.567. The molecule has 1 aliphatic carbocycles. The van der Waals surface area contributed by atoms with Gasteiger partial charge in [-0.2, -0.15) is 23.5 Å². The third kappa shape index (κ3) is 5.86. The molecular weight excluding hydrogens is 629 g/mol. The number of nitrogens with zero attached hydrogens (tertiary/aromatic N) is 5. The number of likely N-dealkylation sites (N-methyl/N-ethyl adjacent to an activating group) is 1. The molecule has 4 heterocycles. The lowest BCUT2D eigenvalue weighted by atomic mass is 9.82. The number of alkyl halides is 3. The summed E-state index contributed by atoms with van der Waals surface area (Å²) in [6.07, 6.45) is -2.21. The van der Waals surface area contributed by atoms with Crippen molar-refractivity contribution >= 4 is 33.4 Å². The standard InChI is InChI=1S/C30H33F3N6O6S/c1-2-37-27-23(22(17-6-7-17)24(28(37)41)35-26(40)18-4-3-5-19(14-18)30(31,32)33)25(36-39(27)20-8-11-45-12-9-20)29(42)38-10-13-46(43,44)16-21(38)15-34/h3-5,14,17,20-22,24H,2,6-13,16H2,1H3,(H,35,40)/t21-,22+,24+/m1/s1. The maximum atomic E-state index is 14.3. The molecule has 246 valence electrons. The number of anilines is 1. The first-order valence-corrected chi connectivity index (χ1v) is 17.1. The summed E-state index contributed by atoms with van der Waals surface area (Å²) in [5, 5.41) is 17.3. The van der Waals surface area contributed by atoms with E-state index in [-0.39, 0.29) is 42.1 Å². The van der Waals surface area contributed by atoms with E-state index in [1.54, 1.807) is 11.6 Å². The van der Waals surface area contributed by atoms with Crippen molar-refractivity contribution in [1.82, 2.24) is 20.0 Å². The number of fused-ring (bicyclic) bond motifs is 1. The molecule has 1 saturated carbocycles. The first-order chi connectivity index (χ1) is 21.8. The number of rotatable bonds is 6. The number of halogens is 3. The molecule has 1 aromatic heterocycles. The van der Waals surface area contributed by atoms with Crippen LogP contribution >= 0.6 is 0 Å². The average molecular weight is 663 g/mol. The van der Waals surface area contributed by atoms with Crippen molar-refractivity contribution in [3.8, 4) is 6.07 Å². The molecule has 1 N–H and O–H groups in total. The fourth-order valence-corrected chi connectivity index (χ4v) is 8.10. The monoisotopic (exact) mass is 662 g/mol. The summed E-state index contributed by atoms with van der Waals surface area (Å²) >= 11 is 0. The number of amides is 3.